The standard InChI is InChI=1S/C18H19N5O2S/c1-11-14(26-18(19-2)20-11)17(24)23-10-6-9-13(23)16-21-15(22-25-16)12-7-4-3-5-8-12/h3-5,7-8,13H,6,9-10H2,1-2H3,(H,19,20)/t13-/m1/s1. The molecule has 8 heteroatoms. The number of amides is 1. The second-order valence-corrected chi connectivity index (χ2v) is 7.16. The molecule has 26 heavy (non-hydrogen) atoms. The largest absolute Gasteiger partial charge is 0.365 e. The van der Waals surface area contributed by atoms with Gasteiger partial charge in [-0.25, -0.2) is 4.98 Å². The van der Waals surface area contributed by atoms with E-state index in [1.165, 1.54) is 11.3 Å². The van der Waals surface area contributed by atoms with Gasteiger partial charge in [0.1, 0.15) is 10.9 Å². The number of nitrogens with one attached hydrogen (secondary N) is 1. The third-order valence-corrected chi connectivity index (χ3v) is 5.64. The van der Waals surface area contributed by atoms with Gasteiger partial charge in [0.15, 0.2) is 5.13 Å². The van der Waals surface area contributed by atoms with Crippen LogP contribution >= 0.6 is 11.3 Å². The predicted molar refractivity (Wildman–Crippen MR) is 99.1 cm³/mol. The first-order valence-electron chi connectivity index (χ1n) is 8.52. The molecule has 7 nitrogen and oxygen atoms in total. The fraction of sp³-hybridized carbons (Fsp3) is 0.333. The van der Waals surface area contributed by atoms with Crippen LogP contribution in [0.4, 0.5) is 5.13 Å². The number of aromatic nitrogens is 3. The van der Waals surface area contributed by atoms with E-state index in [2.05, 4.69) is 20.4 Å². The van der Waals surface area contributed by atoms with Crippen molar-refractivity contribution in [1.82, 2.24) is 20.0 Å². The smallest absolute Gasteiger partial charge is 0.266 e. The molecule has 1 aliphatic rings. The number of aryl methyl sites for hydroxylation is 1. The maximum Gasteiger partial charge on any atom is 0.266 e. The number of thiazole rings is 1. The Morgan fingerprint density at radius 2 is 2.12 bits per heavy atom. The molecule has 0 unspecified atom stereocenters. The molecule has 0 spiro atoms. The Morgan fingerprint density at radius 1 is 1.31 bits per heavy atom. The second-order valence-electron chi connectivity index (χ2n) is 6.16. The van der Waals surface area contributed by atoms with Crippen molar-refractivity contribution in [1.29, 1.82) is 0 Å². The minimum absolute atomic E-state index is 0.0246. The van der Waals surface area contributed by atoms with Gasteiger partial charge in [-0.2, -0.15) is 4.98 Å². The molecule has 3 aromatic rings. The summed E-state index contributed by atoms with van der Waals surface area (Å²) >= 11 is 1.37. The Balaban J connectivity index is 1.60. The van der Waals surface area contributed by atoms with Crippen LogP contribution in [0.1, 0.15) is 40.1 Å². The number of carbonyl (C=O) groups is 1. The van der Waals surface area contributed by atoms with Crippen LogP contribution in [0.5, 0.6) is 0 Å². The molecule has 2 aromatic heterocycles. The Labute approximate surface area is 155 Å². The summed E-state index contributed by atoms with van der Waals surface area (Å²) in [6.07, 6.45) is 1.73. The SMILES string of the molecule is CNc1nc(C)c(C(=O)N2CCC[C@@H]2c2nc(-c3ccccc3)no2)s1. The van der Waals surface area contributed by atoms with E-state index in [4.69, 9.17) is 4.52 Å². The van der Waals surface area contributed by atoms with Gasteiger partial charge in [0.05, 0.1) is 5.69 Å². The minimum Gasteiger partial charge on any atom is -0.365 e. The zero-order chi connectivity index (χ0) is 18.1. The summed E-state index contributed by atoms with van der Waals surface area (Å²) in [5.74, 6) is 1.01. The van der Waals surface area contributed by atoms with Gasteiger partial charge in [-0.15, -0.1) is 0 Å². The van der Waals surface area contributed by atoms with Gasteiger partial charge in [0, 0.05) is 19.2 Å². The van der Waals surface area contributed by atoms with Crippen LogP contribution in [0.3, 0.4) is 0 Å². The average Bonchev–Trinajstić information content (AvgIpc) is 3.40. The Morgan fingerprint density at radius 3 is 2.85 bits per heavy atom. The highest BCUT2D eigenvalue weighted by Crippen LogP contribution is 2.35. The molecular formula is C18H19N5O2S. The summed E-state index contributed by atoms with van der Waals surface area (Å²) in [5, 5.41) is 7.82. The first-order chi connectivity index (χ1) is 12.7. The Bertz CT molecular complexity index is 921. The van der Waals surface area contributed by atoms with Gasteiger partial charge >= 0.3 is 0 Å². The van der Waals surface area contributed by atoms with Crippen molar-refractivity contribution in [2.45, 2.75) is 25.8 Å². The van der Waals surface area contributed by atoms with Gasteiger partial charge < -0.3 is 14.7 Å². The highest BCUT2D eigenvalue weighted by molar-refractivity contribution is 7.17. The summed E-state index contributed by atoms with van der Waals surface area (Å²) in [5.41, 5.74) is 1.64. The minimum atomic E-state index is -0.188. The van der Waals surface area contributed by atoms with E-state index in [9.17, 15) is 4.79 Å². The van der Waals surface area contributed by atoms with Crippen LogP contribution < -0.4 is 5.32 Å². The monoisotopic (exact) mass is 369 g/mol. The molecule has 134 valence electrons. The first-order valence-corrected chi connectivity index (χ1v) is 9.34. The van der Waals surface area contributed by atoms with Crippen LogP contribution in [0.15, 0.2) is 34.9 Å². The number of rotatable bonds is 4. The summed E-state index contributed by atoms with van der Waals surface area (Å²) in [4.78, 5) is 24.4. The number of carbonyl (C=O) groups excluding carboxylic acids is 1. The Hall–Kier alpha value is -2.74. The van der Waals surface area contributed by atoms with Crippen LogP contribution in [-0.4, -0.2) is 39.5 Å². The van der Waals surface area contributed by atoms with Crippen molar-refractivity contribution in [3.05, 3.63) is 46.8 Å². The van der Waals surface area contributed by atoms with E-state index in [-0.39, 0.29) is 11.9 Å². The maximum absolute atomic E-state index is 13.0. The van der Waals surface area contributed by atoms with Gasteiger partial charge in [0.25, 0.3) is 5.91 Å². The van der Waals surface area contributed by atoms with E-state index in [0.717, 1.165) is 29.2 Å². The molecule has 3 heterocycles. The number of nitrogens with zero attached hydrogens (tertiary/aromatic N) is 4. The number of benzene rings is 1. The highest BCUT2D eigenvalue weighted by Gasteiger charge is 2.36. The van der Waals surface area contributed by atoms with Gasteiger partial charge in [-0.1, -0.05) is 46.8 Å². The van der Waals surface area contributed by atoms with Crippen molar-refractivity contribution >= 4 is 22.4 Å². The molecular weight excluding hydrogens is 350 g/mol. The van der Waals surface area contributed by atoms with E-state index < -0.39 is 0 Å². The summed E-state index contributed by atoms with van der Waals surface area (Å²) < 4.78 is 5.50. The van der Waals surface area contributed by atoms with Crippen LogP contribution in [0, 0.1) is 6.92 Å². The number of anilines is 1. The second kappa shape index (κ2) is 6.87. The molecule has 1 aliphatic heterocycles. The van der Waals surface area contributed by atoms with E-state index >= 15 is 0 Å². The molecule has 0 bridgehead atoms. The number of hydrogen-bond acceptors (Lipinski definition) is 7. The molecule has 1 amide bonds. The maximum atomic E-state index is 13.0. The highest BCUT2D eigenvalue weighted by atomic mass is 32.1. The normalized spacial score (nSPS) is 16.8. The van der Waals surface area contributed by atoms with Gasteiger partial charge in [-0.3, -0.25) is 4.79 Å². The van der Waals surface area contributed by atoms with Crippen molar-refractivity contribution in [2.75, 3.05) is 18.9 Å². The lowest BCUT2D eigenvalue weighted by Gasteiger charge is -2.21. The third kappa shape index (κ3) is 2.96. The lowest BCUT2D eigenvalue weighted by Crippen LogP contribution is -2.30. The predicted octanol–water partition coefficient (Wildman–Crippen LogP) is 3.52. The lowest BCUT2D eigenvalue weighted by atomic mass is 10.2. The van der Waals surface area contributed by atoms with Crippen molar-refractivity contribution in [3.8, 4) is 11.4 Å². The lowest BCUT2D eigenvalue weighted by molar-refractivity contribution is 0.0714. The molecule has 0 aliphatic carbocycles. The molecule has 0 saturated carbocycles. The summed E-state index contributed by atoms with van der Waals surface area (Å²) in [6.45, 7) is 2.54. The summed E-state index contributed by atoms with van der Waals surface area (Å²) in [7, 11) is 1.80. The van der Waals surface area contributed by atoms with Crippen LogP contribution in [-0.2, 0) is 0 Å². The molecule has 1 atom stereocenters. The fourth-order valence-corrected chi connectivity index (χ4v) is 4.05. The van der Waals surface area contributed by atoms with Gasteiger partial charge in [-0.05, 0) is 19.8 Å². The Kier molecular flexibility index (Phi) is 4.42. The van der Waals surface area contributed by atoms with Crippen LogP contribution in [0.2, 0.25) is 0 Å². The molecule has 0 radical (unpaired) electrons. The third-order valence-electron chi connectivity index (χ3n) is 4.48. The van der Waals surface area contributed by atoms with Crippen molar-refractivity contribution < 1.29 is 9.32 Å². The molecule has 1 fully saturated rings. The molecule has 4 rings (SSSR count). The average molecular weight is 369 g/mol. The first kappa shape index (κ1) is 16.7. The number of hydrogen-bond donors (Lipinski definition) is 1. The zero-order valence-corrected chi connectivity index (χ0v) is 15.4. The van der Waals surface area contributed by atoms with E-state index in [1.54, 1.807) is 7.05 Å². The van der Waals surface area contributed by atoms with E-state index in [0.29, 0.717) is 23.1 Å². The summed E-state index contributed by atoms with van der Waals surface area (Å²) in [6, 6.07) is 9.49. The number of likely N-dealkylation sites (tertiary alicyclic amines) is 1. The zero-order valence-electron chi connectivity index (χ0n) is 14.6. The van der Waals surface area contributed by atoms with Crippen LogP contribution in [0.25, 0.3) is 11.4 Å². The van der Waals surface area contributed by atoms with Crippen molar-refractivity contribution in [3.63, 3.8) is 0 Å². The quantitative estimate of drug-likeness (QED) is 0.757. The fourth-order valence-electron chi connectivity index (χ4n) is 3.17. The molecule has 1 N–H and O–H groups in total. The molecule has 1 saturated heterocycles. The topological polar surface area (TPSA) is 84.2 Å². The van der Waals surface area contributed by atoms with Crippen molar-refractivity contribution in [2.24, 2.45) is 0 Å². The molecule has 1 aromatic carbocycles. The van der Waals surface area contributed by atoms with Gasteiger partial charge in [0.2, 0.25) is 11.7 Å². The van der Waals surface area contributed by atoms with E-state index in [1.807, 2.05) is 42.2 Å².